The fourth-order valence-electron chi connectivity index (χ4n) is 2.52. The standard InChI is InChI=1S/C14H18F2N2S/c1-8(2)9-5-6-18(7-9)11-4-3-10(14(17)19)12(15)13(11)16/h3-4,8-9H,5-7H2,1-2H3,(H2,17,19). The molecule has 104 valence electrons. The first-order valence-electron chi connectivity index (χ1n) is 6.44. The maximum atomic E-state index is 14.1. The van der Waals surface area contributed by atoms with Gasteiger partial charge in [0, 0.05) is 18.7 Å². The molecule has 2 nitrogen and oxygen atoms in total. The van der Waals surface area contributed by atoms with Gasteiger partial charge in [0.15, 0.2) is 11.6 Å². The Kier molecular flexibility index (Phi) is 4.04. The smallest absolute Gasteiger partial charge is 0.182 e. The first-order chi connectivity index (χ1) is 8.91. The van der Waals surface area contributed by atoms with Crippen molar-refractivity contribution in [1.82, 2.24) is 0 Å². The van der Waals surface area contributed by atoms with Gasteiger partial charge in [0.1, 0.15) is 4.99 Å². The highest BCUT2D eigenvalue weighted by molar-refractivity contribution is 7.80. The zero-order valence-electron chi connectivity index (χ0n) is 11.1. The molecule has 0 saturated carbocycles. The third-order valence-electron chi connectivity index (χ3n) is 3.84. The van der Waals surface area contributed by atoms with Crippen molar-refractivity contribution < 1.29 is 8.78 Å². The van der Waals surface area contributed by atoms with Crippen LogP contribution in [0.2, 0.25) is 0 Å². The van der Waals surface area contributed by atoms with E-state index in [1.807, 2.05) is 4.90 Å². The lowest BCUT2D eigenvalue weighted by Gasteiger charge is -2.21. The number of nitrogens with zero attached hydrogens (tertiary/aromatic N) is 1. The Morgan fingerprint density at radius 1 is 1.37 bits per heavy atom. The van der Waals surface area contributed by atoms with Gasteiger partial charge in [-0.2, -0.15) is 0 Å². The topological polar surface area (TPSA) is 29.3 Å². The van der Waals surface area contributed by atoms with Crippen molar-refractivity contribution in [1.29, 1.82) is 0 Å². The number of nitrogens with two attached hydrogens (primary N) is 1. The molecule has 1 fully saturated rings. The van der Waals surface area contributed by atoms with E-state index in [1.165, 1.54) is 6.07 Å². The number of halogens is 2. The van der Waals surface area contributed by atoms with Gasteiger partial charge in [0.25, 0.3) is 0 Å². The van der Waals surface area contributed by atoms with Crippen molar-refractivity contribution in [3.05, 3.63) is 29.3 Å². The third-order valence-corrected chi connectivity index (χ3v) is 4.06. The number of benzene rings is 1. The minimum absolute atomic E-state index is 0.0316. The summed E-state index contributed by atoms with van der Waals surface area (Å²) in [7, 11) is 0. The average Bonchev–Trinajstić information content (AvgIpc) is 2.81. The van der Waals surface area contributed by atoms with Gasteiger partial charge in [-0.1, -0.05) is 26.1 Å². The molecule has 1 aromatic rings. The molecule has 0 spiro atoms. The van der Waals surface area contributed by atoms with E-state index in [4.69, 9.17) is 18.0 Å². The SMILES string of the molecule is CC(C)C1CCN(c2ccc(C(N)=S)c(F)c2F)C1. The summed E-state index contributed by atoms with van der Waals surface area (Å²) in [5.74, 6) is -0.723. The number of anilines is 1. The zero-order chi connectivity index (χ0) is 14.2. The fourth-order valence-corrected chi connectivity index (χ4v) is 2.68. The summed E-state index contributed by atoms with van der Waals surface area (Å²) in [6.07, 6.45) is 1.01. The van der Waals surface area contributed by atoms with Crippen LogP contribution in [0, 0.1) is 23.5 Å². The minimum atomic E-state index is -0.946. The molecule has 1 aliphatic heterocycles. The minimum Gasteiger partial charge on any atom is -0.389 e. The molecule has 1 saturated heterocycles. The second kappa shape index (κ2) is 5.41. The van der Waals surface area contributed by atoms with Gasteiger partial charge in [0.2, 0.25) is 0 Å². The van der Waals surface area contributed by atoms with Crippen molar-refractivity contribution in [3.63, 3.8) is 0 Å². The summed E-state index contributed by atoms with van der Waals surface area (Å²) in [6, 6.07) is 3.02. The largest absolute Gasteiger partial charge is 0.389 e. The molecular formula is C14H18F2N2S. The van der Waals surface area contributed by atoms with Crippen LogP contribution in [-0.4, -0.2) is 18.1 Å². The van der Waals surface area contributed by atoms with Gasteiger partial charge < -0.3 is 10.6 Å². The molecule has 5 heteroatoms. The highest BCUT2D eigenvalue weighted by Crippen LogP contribution is 2.31. The average molecular weight is 284 g/mol. The lowest BCUT2D eigenvalue weighted by molar-refractivity contribution is 0.422. The predicted molar refractivity (Wildman–Crippen MR) is 77.4 cm³/mol. The van der Waals surface area contributed by atoms with Crippen LogP contribution in [0.1, 0.15) is 25.8 Å². The second-order valence-electron chi connectivity index (χ2n) is 5.36. The number of rotatable bonds is 3. The molecule has 1 heterocycles. The third kappa shape index (κ3) is 2.71. The van der Waals surface area contributed by atoms with E-state index in [9.17, 15) is 8.78 Å². The first-order valence-corrected chi connectivity index (χ1v) is 6.85. The summed E-state index contributed by atoms with van der Waals surface area (Å²) in [5, 5.41) is 0. The highest BCUT2D eigenvalue weighted by Gasteiger charge is 2.28. The summed E-state index contributed by atoms with van der Waals surface area (Å²) >= 11 is 4.70. The summed E-state index contributed by atoms with van der Waals surface area (Å²) in [5.41, 5.74) is 5.63. The number of thiocarbonyl (C=S) groups is 1. The Labute approximate surface area is 117 Å². The zero-order valence-corrected chi connectivity index (χ0v) is 11.9. The lowest BCUT2D eigenvalue weighted by Crippen LogP contribution is -2.23. The molecule has 0 bridgehead atoms. The molecule has 2 N–H and O–H groups in total. The van der Waals surface area contributed by atoms with Gasteiger partial charge in [-0.05, 0) is 30.4 Å². The molecule has 0 amide bonds. The molecule has 0 aromatic heterocycles. The number of hydrogen-bond acceptors (Lipinski definition) is 2. The van der Waals surface area contributed by atoms with E-state index in [1.54, 1.807) is 6.07 Å². The second-order valence-corrected chi connectivity index (χ2v) is 5.80. The van der Waals surface area contributed by atoms with E-state index < -0.39 is 11.6 Å². The molecule has 1 aliphatic rings. The predicted octanol–water partition coefficient (Wildman–Crippen LogP) is 3.08. The molecule has 1 atom stereocenters. The fraction of sp³-hybridized carbons (Fsp3) is 0.500. The number of hydrogen-bond donors (Lipinski definition) is 1. The van der Waals surface area contributed by atoms with E-state index in [0.29, 0.717) is 17.5 Å². The van der Waals surface area contributed by atoms with Crippen molar-refractivity contribution >= 4 is 22.9 Å². The summed E-state index contributed by atoms with van der Waals surface area (Å²) in [4.78, 5) is 1.77. The Morgan fingerprint density at radius 2 is 2.05 bits per heavy atom. The molecule has 0 radical (unpaired) electrons. The van der Waals surface area contributed by atoms with Gasteiger partial charge in [-0.3, -0.25) is 0 Å². The van der Waals surface area contributed by atoms with E-state index in [2.05, 4.69) is 13.8 Å². The van der Waals surface area contributed by atoms with Crippen molar-refractivity contribution in [2.24, 2.45) is 17.6 Å². The lowest BCUT2D eigenvalue weighted by atomic mass is 9.95. The summed E-state index contributed by atoms with van der Waals surface area (Å²) in [6.45, 7) is 5.83. The van der Waals surface area contributed by atoms with Crippen LogP contribution in [0.25, 0.3) is 0 Å². The first kappa shape index (κ1) is 14.2. The van der Waals surface area contributed by atoms with Crippen LogP contribution in [0.3, 0.4) is 0 Å². The highest BCUT2D eigenvalue weighted by atomic mass is 32.1. The van der Waals surface area contributed by atoms with Crippen LogP contribution in [0.4, 0.5) is 14.5 Å². The van der Waals surface area contributed by atoms with Crippen LogP contribution >= 0.6 is 12.2 Å². The van der Waals surface area contributed by atoms with Gasteiger partial charge in [-0.15, -0.1) is 0 Å². The van der Waals surface area contributed by atoms with Crippen LogP contribution < -0.4 is 10.6 Å². The van der Waals surface area contributed by atoms with Crippen LogP contribution in [0.5, 0.6) is 0 Å². The maximum absolute atomic E-state index is 14.1. The monoisotopic (exact) mass is 284 g/mol. The van der Waals surface area contributed by atoms with Crippen molar-refractivity contribution in [2.45, 2.75) is 20.3 Å². The van der Waals surface area contributed by atoms with Gasteiger partial charge >= 0.3 is 0 Å². The Morgan fingerprint density at radius 3 is 2.58 bits per heavy atom. The molecule has 19 heavy (non-hydrogen) atoms. The Balaban J connectivity index is 2.28. The molecule has 0 aliphatic carbocycles. The van der Waals surface area contributed by atoms with Gasteiger partial charge in [0.05, 0.1) is 5.69 Å². The van der Waals surface area contributed by atoms with E-state index in [0.717, 1.165) is 19.5 Å². The Hall–Kier alpha value is -1.23. The summed E-state index contributed by atoms with van der Waals surface area (Å²) < 4.78 is 27.9. The van der Waals surface area contributed by atoms with Crippen LogP contribution in [-0.2, 0) is 0 Å². The van der Waals surface area contributed by atoms with Crippen molar-refractivity contribution in [2.75, 3.05) is 18.0 Å². The normalized spacial score (nSPS) is 19.2. The maximum Gasteiger partial charge on any atom is 0.182 e. The van der Waals surface area contributed by atoms with E-state index in [-0.39, 0.29) is 10.6 Å². The molecule has 1 unspecified atom stereocenters. The Bertz CT molecular complexity index is 502. The molecule has 1 aromatic carbocycles. The van der Waals surface area contributed by atoms with Gasteiger partial charge in [-0.25, -0.2) is 8.78 Å². The molecular weight excluding hydrogens is 266 g/mol. The van der Waals surface area contributed by atoms with Crippen molar-refractivity contribution in [3.8, 4) is 0 Å². The molecule has 2 rings (SSSR count). The quantitative estimate of drug-likeness (QED) is 0.865. The van der Waals surface area contributed by atoms with E-state index >= 15 is 0 Å². The van der Waals surface area contributed by atoms with Crippen LogP contribution in [0.15, 0.2) is 12.1 Å².